The molecule has 0 radical (unpaired) electrons. The van der Waals surface area contributed by atoms with Crippen LogP contribution in [0.5, 0.6) is 17.2 Å². The smallest absolute Gasteiger partial charge is 0.247 e. The minimum absolute atomic E-state index is 0.0185. The van der Waals surface area contributed by atoms with Crippen LogP contribution in [0.25, 0.3) is 6.08 Å². The van der Waals surface area contributed by atoms with Crippen molar-refractivity contribution in [3.63, 3.8) is 0 Å². The summed E-state index contributed by atoms with van der Waals surface area (Å²) in [5, 5.41) is 11.5. The maximum atomic E-state index is 13.5. The van der Waals surface area contributed by atoms with E-state index in [9.17, 15) is 9.90 Å². The predicted octanol–water partition coefficient (Wildman–Crippen LogP) is 5.01. The highest BCUT2D eigenvalue weighted by Gasteiger charge is 2.50. The first-order chi connectivity index (χ1) is 16.5. The normalized spacial score (nSPS) is 24.5. The van der Waals surface area contributed by atoms with Crippen LogP contribution in [0.15, 0.2) is 48.5 Å². The number of fused-ring (bicyclic) bond motifs is 1. The fourth-order valence-electron chi connectivity index (χ4n) is 5.55. The van der Waals surface area contributed by atoms with E-state index >= 15 is 0 Å². The average Bonchev–Trinajstić information content (AvgIpc) is 2.86. The zero-order chi connectivity index (χ0) is 24.1. The second-order valence-corrected chi connectivity index (χ2v) is 9.10. The number of hydrogen-bond acceptors (Lipinski definition) is 5. The quantitative estimate of drug-likeness (QED) is 0.582. The lowest BCUT2D eigenvalue weighted by Gasteiger charge is -2.52. The van der Waals surface area contributed by atoms with Gasteiger partial charge in [-0.2, -0.15) is 0 Å². The number of hydrogen-bond donors (Lipinski definition) is 1. The van der Waals surface area contributed by atoms with Crippen molar-refractivity contribution < 1.29 is 24.1 Å². The Kier molecular flexibility index (Phi) is 7.47. The Balaban J connectivity index is 1.66. The summed E-state index contributed by atoms with van der Waals surface area (Å²) in [6.07, 6.45) is 7.78. The molecule has 2 aliphatic rings. The molecular formula is C28H35NO5. The van der Waals surface area contributed by atoms with Crippen molar-refractivity contribution >= 4 is 12.0 Å². The zero-order valence-electron chi connectivity index (χ0n) is 20.3. The van der Waals surface area contributed by atoms with E-state index in [1.807, 2.05) is 54.3 Å². The number of carbonyl (C=O) groups is 1. The van der Waals surface area contributed by atoms with Crippen LogP contribution in [-0.4, -0.2) is 48.9 Å². The van der Waals surface area contributed by atoms with Gasteiger partial charge in [0.2, 0.25) is 5.91 Å². The molecule has 1 saturated carbocycles. The molecule has 2 aromatic carbocycles. The van der Waals surface area contributed by atoms with E-state index in [1.54, 1.807) is 26.4 Å². The summed E-state index contributed by atoms with van der Waals surface area (Å²) in [6, 6.07) is 13.3. The van der Waals surface area contributed by atoms with Gasteiger partial charge in [-0.05, 0) is 56.0 Å². The maximum absolute atomic E-state index is 13.5. The predicted molar refractivity (Wildman–Crippen MR) is 132 cm³/mol. The van der Waals surface area contributed by atoms with Crippen molar-refractivity contribution in [3.05, 3.63) is 59.7 Å². The van der Waals surface area contributed by atoms with E-state index < -0.39 is 5.60 Å². The van der Waals surface area contributed by atoms with E-state index in [-0.39, 0.29) is 17.9 Å². The molecule has 0 aromatic heterocycles. The van der Waals surface area contributed by atoms with Gasteiger partial charge in [0.25, 0.3) is 0 Å². The van der Waals surface area contributed by atoms with Crippen molar-refractivity contribution in [1.82, 2.24) is 4.90 Å². The highest BCUT2D eigenvalue weighted by atomic mass is 16.5. The summed E-state index contributed by atoms with van der Waals surface area (Å²) in [6.45, 7) is 3.02. The number of piperidine rings is 1. The molecule has 2 aromatic rings. The molecule has 0 bridgehead atoms. The van der Waals surface area contributed by atoms with E-state index in [0.717, 1.165) is 42.6 Å². The SMILES string of the molecule is CCOc1ccccc1[C@H]1[C@@H]2CCCC[C@]2(O)CCN1C(=O)/C=C/c1ccc(OC)c(OC)c1. The number of aliphatic hydroxyl groups is 1. The zero-order valence-corrected chi connectivity index (χ0v) is 20.3. The third-order valence-corrected chi connectivity index (χ3v) is 7.21. The summed E-state index contributed by atoms with van der Waals surface area (Å²) in [5.41, 5.74) is 1.08. The molecule has 2 fully saturated rings. The van der Waals surface area contributed by atoms with Gasteiger partial charge in [-0.3, -0.25) is 4.79 Å². The second-order valence-electron chi connectivity index (χ2n) is 9.10. The number of rotatable bonds is 7. The lowest BCUT2D eigenvalue weighted by Crippen LogP contribution is -2.56. The summed E-state index contributed by atoms with van der Waals surface area (Å²) >= 11 is 0. The number of para-hydroxylation sites is 1. The lowest BCUT2D eigenvalue weighted by atomic mass is 9.66. The molecule has 1 heterocycles. The molecule has 1 aliphatic heterocycles. The van der Waals surface area contributed by atoms with E-state index in [0.29, 0.717) is 31.1 Å². The molecule has 3 atom stereocenters. The standard InChI is InChI=1S/C28H35NO5/c1-4-34-23-11-6-5-9-21(23)27-22-10-7-8-16-28(22,31)17-18-29(27)26(30)15-13-20-12-14-24(32-2)25(19-20)33-3/h5-6,9,11-15,19,22,27,31H,4,7-8,10,16-18H2,1-3H3/b15-13+/t22-,27-,28-/m0/s1. The van der Waals surface area contributed by atoms with Crippen molar-refractivity contribution in [2.24, 2.45) is 5.92 Å². The first kappa shape index (κ1) is 24.1. The minimum atomic E-state index is -0.744. The minimum Gasteiger partial charge on any atom is -0.494 e. The third kappa shape index (κ3) is 4.78. The number of nitrogens with zero attached hydrogens (tertiary/aromatic N) is 1. The second kappa shape index (κ2) is 10.5. The molecule has 0 spiro atoms. The highest BCUT2D eigenvalue weighted by Crippen LogP contribution is 2.50. The molecular weight excluding hydrogens is 430 g/mol. The Morgan fingerprint density at radius 3 is 2.65 bits per heavy atom. The van der Waals surface area contributed by atoms with Crippen LogP contribution in [0.2, 0.25) is 0 Å². The van der Waals surface area contributed by atoms with Crippen LogP contribution in [-0.2, 0) is 4.79 Å². The van der Waals surface area contributed by atoms with Crippen LogP contribution >= 0.6 is 0 Å². The van der Waals surface area contributed by atoms with Gasteiger partial charge in [-0.15, -0.1) is 0 Å². The number of likely N-dealkylation sites (tertiary alicyclic amines) is 1. The molecule has 1 N–H and O–H groups in total. The van der Waals surface area contributed by atoms with Gasteiger partial charge in [0.15, 0.2) is 11.5 Å². The number of methoxy groups -OCH3 is 2. The van der Waals surface area contributed by atoms with Crippen LogP contribution < -0.4 is 14.2 Å². The highest BCUT2D eigenvalue weighted by molar-refractivity contribution is 5.92. The van der Waals surface area contributed by atoms with Gasteiger partial charge in [-0.1, -0.05) is 37.1 Å². The molecule has 182 valence electrons. The molecule has 1 aliphatic carbocycles. The Hall–Kier alpha value is -2.99. The third-order valence-electron chi connectivity index (χ3n) is 7.21. The maximum Gasteiger partial charge on any atom is 0.247 e. The Morgan fingerprint density at radius 1 is 1.09 bits per heavy atom. The summed E-state index contributed by atoms with van der Waals surface area (Å²) in [7, 11) is 3.19. The lowest BCUT2D eigenvalue weighted by molar-refractivity contribution is -0.151. The first-order valence-electron chi connectivity index (χ1n) is 12.2. The Bertz CT molecular complexity index is 1040. The monoisotopic (exact) mass is 465 g/mol. The van der Waals surface area contributed by atoms with Gasteiger partial charge in [0, 0.05) is 24.1 Å². The van der Waals surface area contributed by atoms with Gasteiger partial charge in [-0.25, -0.2) is 0 Å². The van der Waals surface area contributed by atoms with Crippen LogP contribution in [0.3, 0.4) is 0 Å². The molecule has 6 nitrogen and oxygen atoms in total. The van der Waals surface area contributed by atoms with Gasteiger partial charge >= 0.3 is 0 Å². The van der Waals surface area contributed by atoms with E-state index in [1.165, 1.54) is 0 Å². The number of ether oxygens (including phenoxy) is 3. The number of benzene rings is 2. The van der Waals surface area contributed by atoms with Crippen molar-refractivity contribution in [3.8, 4) is 17.2 Å². The Labute approximate surface area is 202 Å². The molecule has 1 saturated heterocycles. The van der Waals surface area contributed by atoms with Crippen LogP contribution in [0.4, 0.5) is 0 Å². The van der Waals surface area contributed by atoms with Crippen molar-refractivity contribution in [2.75, 3.05) is 27.4 Å². The summed E-state index contributed by atoms with van der Waals surface area (Å²) in [5.74, 6) is 1.96. The van der Waals surface area contributed by atoms with Gasteiger partial charge < -0.3 is 24.2 Å². The fourth-order valence-corrected chi connectivity index (χ4v) is 5.55. The molecule has 1 amide bonds. The van der Waals surface area contributed by atoms with Crippen LogP contribution in [0.1, 0.15) is 56.2 Å². The number of carbonyl (C=O) groups excluding carboxylic acids is 1. The van der Waals surface area contributed by atoms with Crippen LogP contribution in [0, 0.1) is 5.92 Å². The fraction of sp³-hybridized carbons (Fsp3) is 0.464. The van der Waals surface area contributed by atoms with Crippen molar-refractivity contribution in [2.45, 2.75) is 50.7 Å². The molecule has 6 heteroatoms. The first-order valence-corrected chi connectivity index (χ1v) is 12.2. The Morgan fingerprint density at radius 2 is 1.88 bits per heavy atom. The topological polar surface area (TPSA) is 68.2 Å². The van der Waals surface area contributed by atoms with Crippen molar-refractivity contribution in [1.29, 1.82) is 0 Å². The molecule has 4 rings (SSSR count). The molecule has 0 unspecified atom stereocenters. The summed E-state index contributed by atoms with van der Waals surface area (Å²) in [4.78, 5) is 15.5. The largest absolute Gasteiger partial charge is 0.494 e. The average molecular weight is 466 g/mol. The van der Waals surface area contributed by atoms with Gasteiger partial charge in [0.05, 0.1) is 32.5 Å². The van der Waals surface area contributed by atoms with Gasteiger partial charge in [0.1, 0.15) is 5.75 Å². The number of amides is 1. The van der Waals surface area contributed by atoms with E-state index in [4.69, 9.17) is 14.2 Å². The summed E-state index contributed by atoms with van der Waals surface area (Å²) < 4.78 is 16.6. The van der Waals surface area contributed by atoms with E-state index in [2.05, 4.69) is 0 Å². The molecule has 34 heavy (non-hydrogen) atoms.